The molecule has 6 rings (SSSR count). The molecule has 3 aromatic heterocycles. The van der Waals surface area contributed by atoms with E-state index in [0.717, 1.165) is 26.4 Å². The first-order chi connectivity index (χ1) is 19.0. The monoisotopic (exact) mass is 530 g/mol. The number of fused-ring (bicyclic) bond motifs is 2. The molecular formula is C31H22N4O3S. The Morgan fingerprint density at radius 2 is 1.72 bits per heavy atom. The molecule has 0 radical (unpaired) electrons. The van der Waals surface area contributed by atoms with E-state index < -0.39 is 18.5 Å². The van der Waals surface area contributed by atoms with Gasteiger partial charge in [-0.15, -0.1) is 11.3 Å². The fourth-order valence-corrected chi connectivity index (χ4v) is 5.33. The average molecular weight is 531 g/mol. The highest BCUT2D eigenvalue weighted by Gasteiger charge is 2.17. The van der Waals surface area contributed by atoms with Crippen molar-refractivity contribution in [3.63, 3.8) is 0 Å². The van der Waals surface area contributed by atoms with E-state index >= 15 is 0 Å². The molecule has 0 saturated carbocycles. The molecule has 1 amide bonds. The van der Waals surface area contributed by atoms with Crippen LogP contribution in [0.2, 0.25) is 0 Å². The van der Waals surface area contributed by atoms with Gasteiger partial charge in [-0.05, 0) is 73.2 Å². The molecule has 3 heterocycles. The molecule has 0 atom stereocenters. The van der Waals surface area contributed by atoms with E-state index in [1.54, 1.807) is 41.9 Å². The van der Waals surface area contributed by atoms with Crippen molar-refractivity contribution in [1.82, 2.24) is 15.0 Å². The number of amides is 1. The molecule has 6 aromatic rings. The minimum absolute atomic E-state index is 0.336. The van der Waals surface area contributed by atoms with Crippen LogP contribution in [0.25, 0.3) is 42.9 Å². The van der Waals surface area contributed by atoms with Crippen LogP contribution in [-0.4, -0.2) is 33.4 Å². The molecule has 3 aromatic carbocycles. The Bertz CT molecular complexity index is 1830. The van der Waals surface area contributed by atoms with Gasteiger partial charge in [0.15, 0.2) is 6.61 Å². The summed E-state index contributed by atoms with van der Waals surface area (Å²) in [7, 11) is 0. The number of nitrogens with zero attached hydrogens (tertiary/aromatic N) is 3. The maximum atomic E-state index is 13.0. The summed E-state index contributed by atoms with van der Waals surface area (Å²) in [5.74, 6) is -1.03. The molecule has 1 N–H and O–H groups in total. The number of aryl methyl sites for hydroxylation is 1. The number of carbonyl (C=O) groups excluding carboxylic acids is 2. The topological polar surface area (TPSA) is 94.1 Å². The van der Waals surface area contributed by atoms with E-state index in [0.29, 0.717) is 27.8 Å². The summed E-state index contributed by atoms with van der Waals surface area (Å²) in [6.45, 7) is 1.64. The van der Waals surface area contributed by atoms with Crippen LogP contribution in [0.5, 0.6) is 0 Å². The van der Waals surface area contributed by atoms with Crippen LogP contribution in [0.15, 0.2) is 97.3 Å². The Balaban J connectivity index is 1.14. The number of carbonyl (C=O) groups is 2. The molecule has 39 heavy (non-hydrogen) atoms. The fraction of sp³-hybridized carbons (Fsp3) is 0.0645. The highest BCUT2D eigenvalue weighted by Crippen LogP contribution is 2.31. The molecule has 0 fully saturated rings. The third-order valence-electron chi connectivity index (χ3n) is 6.19. The Labute approximate surface area is 228 Å². The third kappa shape index (κ3) is 5.23. The van der Waals surface area contributed by atoms with E-state index in [-0.39, 0.29) is 0 Å². The third-order valence-corrected chi connectivity index (χ3v) is 7.25. The zero-order valence-corrected chi connectivity index (χ0v) is 21.7. The van der Waals surface area contributed by atoms with Gasteiger partial charge in [0.1, 0.15) is 5.01 Å². The van der Waals surface area contributed by atoms with E-state index in [4.69, 9.17) is 9.72 Å². The van der Waals surface area contributed by atoms with Crippen molar-refractivity contribution < 1.29 is 14.3 Å². The van der Waals surface area contributed by atoms with Crippen molar-refractivity contribution in [3.8, 4) is 21.8 Å². The summed E-state index contributed by atoms with van der Waals surface area (Å²) >= 11 is 1.63. The van der Waals surface area contributed by atoms with E-state index in [9.17, 15) is 9.59 Å². The fourth-order valence-electron chi connectivity index (χ4n) is 4.26. The van der Waals surface area contributed by atoms with Crippen LogP contribution in [0.3, 0.4) is 0 Å². The van der Waals surface area contributed by atoms with E-state index in [2.05, 4.69) is 28.3 Å². The Kier molecular flexibility index (Phi) is 6.52. The van der Waals surface area contributed by atoms with Crippen LogP contribution in [0.4, 0.5) is 5.69 Å². The number of thiazole rings is 1. The Morgan fingerprint density at radius 1 is 0.872 bits per heavy atom. The predicted molar refractivity (Wildman–Crippen MR) is 154 cm³/mol. The molecule has 8 heteroatoms. The predicted octanol–water partition coefficient (Wildman–Crippen LogP) is 6.68. The number of rotatable bonds is 6. The number of anilines is 1. The van der Waals surface area contributed by atoms with Gasteiger partial charge in [0.25, 0.3) is 5.91 Å². The van der Waals surface area contributed by atoms with Crippen LogP contribution in [0, 0.1) is 6.92 Å². The van der Waals surface area contributed by atoms with Gasteiger partial charge in [-0.2, -0.15) is 0 Å². The molecule has 0 aliphatic heterocycles. The van der Waals surface area contributed by atoms with Crippen molar-refractivity contribution in [3.05, 3.63) is 108 Å². The normalized spacial score (nSPS) is 11.0. The minimum Gasteiger partial charge on any atom is -0.452 e. The summed E-state index contributed by atoms with van der Waals surface area (Å²) in [5, 5.41) is 4.35. The van der Waals surface area contributed by atoms with Gasteiger partial charge in [0.2, 0.25) is 0 Å². The first kappa shape index (κ1) is 24.4. The lowest BCUT2D eigenvalue weighted by Gasteiger charge is -2.10. The molecule has 0 bridgehead atoms. The second-order valence-corrected chi connectivity index (χ2v) is 10.0. The molecule has 0 aliphatic carbocycles. The quantitative estimate of drug-likeness (QED) is 0.242. The largest absolute Gasteiger partial charge is 0.452 e. The minimum atomic E-state index is -0.602. The van der Waals surface area contributed by atoms with Gasteiger partial charge >= 0.3 is 5.97 Å². The summed E-state index contributed by atoms with van der Waals surface area (Å²) in [6.07, 6.45) is 3.36. The van der Waals surface area contributed by atoms with E-state index in [1.807, 2.05) is 60.7 Å². The van der Waals surface area contributed by atoms with Crippen molar-refractivity contribution in [2.75, 3.05) is 11.9 Å². The van der Waals surface area contributed by atoms with Crippen LogP contribution < -0.4 is 5.32 Å². The second-order valence-electron chi connectivity index (χ2n) is 9.01. The maximum absolute atomic E-state index is 13.0. The maximum Gasteiger partial charge on any atom is 0.339 e. The number of aromatic nitrogens is 3. The lowest BCUT2D eigenvalue weighted by molar-refractivity contribution is -0.119. The lowest BCUT2D eigenvalue weighted by Crippen LogP contribution is -2.21. The highest BCUT2D eigenvalue weighted by molar-refractivity contribution is 7.21. The highest BCUT2D eigenvalue weighted by atomic mass is 32.1. The zero-order valence-electron chi connectivity index (χ0n) is 20.9. The molecule has 0 saturated heterocycles. The molecular weight excluding hydrogens is 508 g/mol. The van der Waals surface area contributed by atoms with Gasteiger partial charge in [0, 0.05) is 34.6 Å². The standard InChI is InChI=1S/C31H22N4O3S/c1-19-8-13-26-28(15-19)39-30(35-26)20-9-11-22(12-10-20)33-29(36)18-38-31(37)24-16-27(21-5-4-14-32-17-21)34-25-7-3-2-6-23(24)25/h2-17H,18H2,1H3,(H,33,36). The van der Waals surface area contributed by atoms with Gasteiger partial charge < -0.3 is 10.1 Å². The zero-order chi connectivity index (χ0) is 26.8. The first-order valence-corrected chi connectivity index (χ1v) is 13.1. The smallest absolute Gasteiger partial charge is 0.339 e. The SMILES string of the molecule is Cc1ccc2nc(-c3ccc(NC(=O)COC(=O)c4cc(-c5cccnc5)nc5ccccc45)cc3)sc2c1. The average Bonchev–Trinajstić information content (AvgIpc) is 3.39. The molecule has 7 nitrogen and oxygen atoms in total. The summed E-state index contributed by atoms with van der Waals surface area (Å²) < 4.78 is 6.53. The second kappa shape index (κ2) is 10.4. The lowest BCUT2D eigenvalue weighted by atomic mass is 10.1. The van der Waals surface area contributed by atoms with Gasteiger partial charge in [-0.3, -0.25) is 9.78 Å². The first-order valence-electron chi connectivity index (χ1n) is 12.3. The summed E-state index contributed by atoms with van der Waals surface area (Å²) in [6, 6.07) is 26.3. The van der Waals surface area contributed by atoms with Gasteiger partial charge in [-0.1, -0.05) is 24.3 Å². The number of pyridine rings is 2. The number of hydrogen-bond donors (Lipinski definition) is 1. The van der Waals surface area contributed by atoms with Gasteiger partial charge in [0.05, 0.1) is 27.0 Å². The number of benzene rings is 3. The number of para-hydroxylation sites is 1. The Hall–Kier alpha value is -4.95. The van der Waals surface area contributed by atoms with Crippen molar-refractivity contribution in [1.29, 1.82) is 0 Å². The van der Waals surface area contributed by atoms with Crippen molar-refractivity contribution >= 4 is 50.0 Å². The molecule has 0 spiro atoms. The number of ether oxygens (including phenoxy) is 1. The van der Waals surface area contributed by atoms with Gasteiger partial charge in [-0.25, -0.2) is 14.8 Å². The summed E-state index contributed by atoms with van der Waals surface area (Å²) in [4.78, 5) is 39.1. The van der Waals surface area contributed by atoms with E-state index in [1.165, 1.54) is 5.56 Å². The molecule has 190 valence electrons. The number of esters is 1. The number of nitrogens with one attached hydrogen (secondary N) is 1. The number of hydrogen-bond acceptors (Lipinski definition) is 7. The van der Waals surface area contributed by atoms with Crippen LogP contribution in [0.1, 0.15) is 15.9 Å². The van der Waals surface area contributed by atoms with Crippen LogP contribution >= 0.6 is 11.3 Å². The van der Waals surface area contributed by atoms with Crippen molar-refractivity contribution in [2.45, 2.75) is 6.92 Å². The molecule has 0 aliphatic rings. The molecule has 0 unspecified atom stereocenters. The van der Waals surface area contributed by atoms with Crippen molar-refractivity contribution in [2.24, 2.45) is 0 Å². The summed E-state index contributed by atoms with van der Waals surface area (Å²) in [5.41, 5.74) is 6.09. The Morgan fingerprint density at radius 3 is 2.54 bits per heavy atom. The van der Waals surface area contributed by atoms with Crippen LogP contribution in [-0.2, 0) is 9.53 Å².